The predicted octanol–water partition coefficient (Wildman–Crippen LogP) is 5.10. The van der Waals surface area contributed by atoms with Crippen molar-refractivity contribution in [2.45, 2.75) is 65.7 Å². The van der Waals surface area contributed by atoms with Gasteiger partial charge in [-0.2, -0.15) is 0 Å². The van der Waals surface area contributed by atoms with E-state index in [2.05, 4.69) is 26.1 Å². The molecular weight excluding hydrogens is 310 g/mol. The maximum Gasteiger partial charge on any atom is 0.209 e. The van der Waals surface area contributed by atoms with Gasteiger partial charge in [0.05, 0.1) is 5.70 Å². The van der Waals surface area contributed by atoms with Crippen molar-refractivity contribution in [1.29, 1.82) is 0 Å². The highest BCUT2D eigenvalue weighted by atomic mass is 16.1. The highest BCUT2D eigenvalue weighted by molar-refractivity contribution is 6.24. The van der Waals surface area contributed by atoms with Gasteiger partial charge in [0.1, 0.15) is 0 Å². The van der Waals surface area contributed by atoms with E-state index in [0.717, 1.165) is 37.8 Å². The summed E-state index contributed by atoms with van der Waals surface area (Å²) in [5.41, 5.74) is 2.69. The number of Topliss-reactive ketones (excluding diaryl/α,β-unsaturated/α-hetero) is 1. The van der Waals surface area contributed by atoms with Gasteiger partial charge in [0.25, 0.3) is 0 Å². The maximum absolute atomic E-state index is 12.6. The Morgan fingerprint density at radius 3 is 2.52 bits per heavy atom. The van der Waals surface area contributed by atoms with Gasteiger partial charge < -0.3 is 5.32 Å². The first-order valence-electron chi connectivity index (χ1n) is 9.70. The number of allylic oxidation sites excluding steroid dienone is 2. The molecule has 0 aliphatic heterocycles. The van der Waals surface area contributed by atoms with Gasteiger partial charge in [0.15, 0.2) is 5.78 Å². The molecule has 136 valence electrons. The molecule has 0 bridgehead atoms. The molecule has 25 heavy (non-hydrogen) atoms. The lowest BCUT2D eigenvalue weighted by atomic mass is 9.90. The van der Waals surface area contributed by atoms with Crippen molar-refractivity contribution < 1.29 is 9.59 Å². The largest absolute Gasteiger partial charge is 0.382 e. The highest BCUT2D eigenvalue weighted by Gasteiger charge is 2.25. The lowest BCUT2D eigenvalue weighted by Gasteiger charge is -2.17. The average molecular weight is 341 g/mol. The monoisotopic (exact) mass is 341 g/mol. The molecule has 0 aromatic heterocycles. The minimum absolute atomic E-state index is 0.0566. The van der Waals surface area contributed by atoms with Gasteiger partial charge in [-0.15, -0.1) is 0 Å². The van der Waals surface area contributed by atoms with E-state index in [1.165, 1.54) is 25.3 Å². The molecule has 3 heteroatoms. The van der Waals surface area contributed by atoms with Crippen molar-refractivity contribution >= 4 is 11.6 Å². The van der Waals surface area contributed by atoms with Crippen LogP contribution in [0.15, 0.2) is 30.0 Å². The second kappa shape index (κ2) is 9.55. The Morgan fingerprint density at radius 2 is 1.80 bits per heavy atom. The minimum Gasteiger partial charge on any atom is -0.382 e. The predicted molar refractivity (Wildman–Crippen MR) is 103 cm³/mol. The summed E-state index contributed by atoms with van der Waals surface area (Å²) >= 11 is 0. The first kappa shape index (κ1) is 19.4. The van der Waals surface area contributed by atoms with Crippen molar-refractivity contribution in [2.24, 2.45) is 5.92 Å². The van der Waals surface area contributed by atoms with Crippen LogP contribution in [0.5, 0.6) is 0 Å². The smallest absolute Gasteiger partial charge is 0.209 e. The van der Waals surface area contributed by atoms with E-state index in [1.807, 2.05) is 18.2 Å². The summed E-state index contributed by atoms with van der Waals surface area (Å²) in [7, 11) is 0. The van der Waals surface area contributed by atoms with Gasteiger partial charge in [0.2, 0.25) is 5.78 Å². The number of ketones is 2. The summed E-state index contributed by atoms with van der Waals surface area (Å²) < 4.78 is 0. The number of nitrogens with one attached hydrogen (secondary N) is 1. The number of carbonyl (C=O) groups excluding carboxylic acids is 2. The van der Waals surface area contributed by atoms with Crippen molar-refractivity contribution in [3.8, 4) is 0 Å². The third-order valence-corrected chi connectivity index (χ3v) is 4.71. The van der Waals surface area contributed by atoms with Crippen LogP contribution < -0.4 is 5.32 Å². The van der Waals surface area contributed by atoms with Crippen molar-refractivity contribution in [2.75, 3.05) is 6.54 Å². The number of hydrogen-bond acceptors (Lipinski definition) is 3. The molecule has 1 aromatic rings. The van der Waals surface area contributed by atoms with Crippen LogP contribution in [0.3, 0.4) is 0 Å². The summed E-state index contributed by atoms with van der Waals surface area (Å²) in [6.07, 6.45) is 9.28. The normalized spacial score (nSPS) is 13.8. The van der Waals surface area contributed by atoms with Crippen molar-refractivity contribution in [3.05, 3.63) is 46.7 Å². The highest BCUT2D eigenvalue weighted by Crippen LogP contribution is 2.23. The molecule has 0 amide bonds. The fourth-order valence-corrected chi connectivity index (χ4v) is 3.19. The number of fused-ring (bicyclic) bond motifs is 1. The molecule has 0 spiro atoms. The number of rotatable bonds is 10. The van der Waals surface area contributed by atoms with E-state index < -0.39 is 0 Å². The molecular formula is C22H31NO2. The minimum atomic E-state index is -0.0589. The van der Waals surface area contributed by atoms with E-state index in [1.54, 1.807) is 0 Å². The Balaban J connectivity index is 2.00. The Kier molecular flexibility index (Phi) is 7.42. The molecule has 1 aromatic carbocycles. The third-order valence-electron chi connectivity index (χ3n) is 4.71. The zero-order chi connectivity index (χ0) is 18.2. The molecule has 1 aliphatic carbocycles. The number of benzene rings is 1. The van der Waals surface area contributed by atoms with Gasteiger partial charge in [-0.3, -0.25) is 9.59 Å². The van der Waals surface area contributed by atoms with Crippen molar-refractivity contribution in [3.63, 3.8) is 0 Å². The molecule has 1 N–H and O–H groups in total. The lowest BCUT2D eigenvalue weighted by molar-refractivity contribution is 0.0978. The quantitative estimate of drug-likeness (QED) is 0.602. The zero-order valence-corrected chi connectivity index (χ0v) is 15.9. The van der Waals surface area contributed by atoms with Gasteiger partial charge in [0, 0.05) is 23.7 Å². The summed E-state index contributed by atoms with van der Waals surface area (Å²) in [4.78, 5) is 25.1. The van der Waals surface area contributed by atoms with Gasteiger partial charge in [-0.25, -0.2) is 0 Å². The molecule has 3 nitrogen and oxygen atoms in total. The Labute approximate surface area is 151 Å². The molecule has 0 atom stereocenters. The number of hydrogen-bond donors (Lipinski definition) is 1. The van der Waals surface area contributed by atoms with Gasteiger partial charge in [-0.05, 0) is 42.9 Å². The van der Waals surface area contributed by atoms with E-state index in [4.69, 9.17) is 0 Å². The van der Waals surface area contributed by atoms with Crippen LogP contribution in [0.4, 0.5) is 0 Å². The molecule has 1 aliphatic rings. The third kappa shape index (κ3) is 5.55. The molecule has 0 saturated heterocycles. The average Bonchev–Trinajstić information content (AvgIpc) is 2.58. The molecule has 2 rings (SSSR count). The van der Waals surface area contributed by atoms with Crippen LogP contribution in [-0.4, -0.2) is 18.1 Å². The standard InChI is InChI=1S/C22H31NO2/c1-4-5-6-7-13-23-20-15-21(24)19-14-17(10-8-9-16(2)3)11-12-18(19)22(20)25/h11-12,14-16,23H,4-10,13H2,1-3H3. The Bertz CT molecular complexity index is 643. The number of carbonyl (C=O) groups is 2. The van der Waals surface area contributed by atoms with Crippen LogP contribution in [-0.2, 0) is 6.42 Å². The summed E-state index contributed by atoms with van der Waals surface area (Å²) in [6.45, 7) is 7.36. The fraction of sp³-hybridized carbons (Fsp3) is 0.545. The van der Waals surface area contributed by atoms with Crippen LogP contribution >= 0.6 is 0 Å². The zero-order valence-electron chi connectivity index (χ0n) is 15.9. The first-order chi connectivity index (χ1) is 12.0. The van der Waals surface area contributed by atoms with Crippen LogP contribution in [0.25, 0.3) is 0 Å². The second-order valence-electron chi connectivity index (χ2n) is 7.40. The molecule has 0 heterocycles. The van der Waals surface area contributed by atoms with E-state index >= 15 is 0 Å². The van der Waals surface area contributed by atoms with Crippen LogP contribution in [0.2, 0.25) is 0 Å². The van der Waals surface area contributed by atoms with Gasteiger partial charge in [-0.1, -0.05) is 52.5 Å². The van der Waals surface area contributed by atoms with Gasteiger partial charge >= 0.3 is 0 Å². The molecule has 0 saturated carbocycles. The van der Waals surface area contributed by atoms with Crippen LogP contribution in [0.1, 0.15) is 85.6 Å². The number of aryl methyl sites for hydroxylation is 1. The molecule has 0 radical (unpaired) electrons. The lowest BCUT2D eigenvalue weighted by Crippen LogP contribution is -2.27. The summed E-state index contributed by atoms with van der Waals surface area (Å²) in [5, 5.41) is 3.15. The first-order valence-corrected chi connectivity index (χ1v) is 9.70. The van der Waals surface area contributed by atoms with E-state index in [9.17, 15) is 9.59 Å². The fourth-order valence-electron chi connectivity index (χ4n) is 3.19. The summed E-state index contributed by atoms with van der Waals surface area (Å²) in [6, 6.07) is 5.73. The van der Waals surface area contributed by atoms with E-state index in [0.29, 0.717) is 22.7 Å². The SMILES string of the molecule is CCCCCCNC1=CC(=O)c2cc(CCCC(C)C)ccc2C1=O. The topological polar surface area (TPSA) is 46.2 Å². The number of unbranched alkanes of at least 4 members (excludes halogenated alkanes) is 3. The van der Waals surface area contributed by atoms with Crippen LogP contribution in [0, 0.1) is 5.92 Å². The Hall–Kier alpha value is -1.90. The second-order valence-corrected chi connectivity index (χ2v) is 7.40. The van der Waals surface area contributed by atoms with Crippen molar-refractivity contribution in [1.82, 2.24) is 5.32 Å². The molecule has 0 fully saturated rings. The Morgan fingerprint density at radius 1 is 1.00 bits per heavy atom. The van der Waals surface area contributed by atoms with E-state index in [-0.39, 0.29) is 11.6 Å². The summed E-state index contributed by atoms with van der Waals surface area (Å²) in [5.74, 6) is 0.574. The maximum atomic E-state index is 12.6. The molecule has 0 unspecified atom stereocenters.